The molecule has 20 heteroatoms. The van der Waals surface area contributed by atoms with Crippen LogP contribution in [0.1, 0.15) is 82.8 Å². The van der Waals surface area contributed by atoms with Gasteiger partial charge in [-0.1, -0.05) is 36.4 Å². The van der Waals surface area contributed by atoms with Crippen LogP contribution in [0, 0.1) is 5.92 Å². The number of piperidine rings is 2. The summed E-state index contributed by atoms with van der Waals surface area (Å²) in [7, 11) is -3.33. The fraction of sp³-hybridized carbons (Fsp3) is 0.490. The lowest BCUT2D eigenvalue weighted by Crippen LogP contribution is -2.54. The Morgan fingerprint density at radius 3 is 2.25 bits per heavy atom. The highest BCUT2D eigenvalue weighted by Gasteiger charge is 2.46. The minimum Gasteiger partial charge on any atom is -0.490 e. The van der Waals surface area contributed by atoms with Gasteiger partial charge >= 0.3 is 0 Å². The van der Waals surface area contributed by atoms with Gasteiger partial charge in [0.05, 0.1) is 67.3 Å². The Morgan fingerprint density at radius 1 is 0.855 bits per heavy atom. The van der Waals surface area contributed by atoms with Gasteiger partial charge in [-0.15, -0.1) is 0 Å². The van der Waals surface area contributed by atoms with Crippen molar-refractivity contribution >= 4 is 63.1 Å². The number of carbonyl (C=O) groups is 5. The number of aromatic nitrogens is 1. The minimum absolute atomic E-state index is 0.0118. The van der Waals surface area contributed by atoms with Gasteiger partial charge in [0.1, 0.15) is 18.4 Å². The lowest BCUT2D eigenvalue weighted by Gasteiger charge is -2.38. The first-order valence-electron chi connectivity index (χ1n) is 23.6. The molecule has 18 nitrogen and oxygen atoms in total. The number of hydrogen-bond donors (Lipinski definition) is 4. The quantitative estimate of drug-likeness (QED) is 0.0383. The molecule has 2 unspecified atom stereocenters. The average Bonchev–Trinajstić information content (AvgIpc) is 3.83. The molecule has 3 fully saturated rings. The number of likely N-dealkylation sites (tertiary alicyclic amines) is 1. The van der Waals surface area contributed by atoms with Crippen molar-refractivity contribution in [3.8, 4) is 16.9 Å². The first-order chi connectivity index (χ1) is 33.2. The van der Waals surface area contributed by atoms with Crippen molar-refractivity contribution in [2.75, 3.05) is 79.0 Å². The van der Waals surface area contributed by atoms with Crippen LogP contribution >= 0.6 is 12.6 Å². The average molecular weight is 988 g/mol. The molecule has 2 atom stereocenters. The monoisotopic (exact) mass is 987 g/mol. The molecule has 5 amide bonds. The lowest BCUT2D eigenvalue weighted by molar-refractivity contribution is -0.136. The molecule has 1 aromatic heterocycles. The number of nitrogens with one attached hydrogen (secondary N) is 2. The van der Waals surface area contributed by atoms with Crippen LogP contribution in [-0.2, 0) is 45.2 Å². The second-order valence-electron chi connectivity index (χ2n) is 18.1. The molecule has 0 saturated carbocycles. The first-order valence-corrected chi connectivity index (χ1v) is 25.6. The van der Waals surface area contributed by atoms with E-state index in [-0.39, 0.29) is 60.8 Å². The predicted octanol–water partition coefficient (Wildman–Crippen LogP) is 3.65. The first kappa shape index (κ1) is 50.2. The van der Waals surface area contributed by atoms with E-state index in [4.69, 9.17) is 24.7 Å². The van der Waals surface area contributed by atoms with Gasteiger partial charge in [0.25, 0.3) is 11.8 Å². The van der Waals surface area contributed by atoms with Crippen LogP contribution in [-0.4, -0.2) is 147 Å². The van der Waals surface area contributed by atoms with Crippen LogP contribution < -0.4 is 21.1 Å². The smallest absolute Gasteiger partial charge is 0.266 e. The number of fused-ring (bicyclic) bond motifs is 2. The number of thiol groups is 1. The molecule has 3 saturated heterocycles. The molecule has 3 aromatic carbocycles. The zero-order chi connectivity index (χ0) is 48.8. The van der Waals surface area contributed by atoms with Crippen molar-refractivity contribution in [2.45, 2.75) is 68.8 Å². The van der Waals surface area contributed by atoms with Gasteiger partial charge in [0, 0.05) is 74.4 Å². The second kappa shape index (κ2) is 22.3. The summed E-state index contributed by atoms with van der Waals surface area (Å²) in [6, 6.07) is 18.1. The summed E-state index contributed by atoms with van der Waals surface area (Å²) in [6.45, 7) is 9.06. The van der Waals surface area contributed by atoms with Crippen molar-refractivity contribution in [1.29, 1.82) is 0 Å². The summed E-state index contributed by atoms with van der Waals surface area (Å²) < 4.78 is 52.5. The molecule has 0 aliphatic carbocycles. The fourth-order valence-electron chi connectivity index (χ4n) is 9.30. The van der Waals surface area contributed by atoms with E-state index in [9.17, 15) is 32.4 Å². The molecular formula is C49H61N7O11S2. The summed E-state index contributed by atoms with van der Waals surface area (Å²) in [5.41, 5.74) is 11.4. The molecule has 4 aromatic rings. The van der Waals surface area contributed by atoms with E-state index >= 15 is 0 Å². The number of nitrogens with zero attached hydrogens (tertiary/aromatic N) is 4. The summed E-state index contributed by atoms with van der Waals surface area (Å²) in [6.07, 6.45) is 3.67. The van der Waals surface area contributed by atoms with E-state index < -0.39 is 50.3 Å². The van der Waals surface area contributed by atoms with Gasteiger partial charge in [-0.25, -0.2) is 12.7 Å². The zero-order valence-electron chi connectivity index (χ0n) is 39.0. The number of nitrogens with two attached hydrogens (primary N) is 1. The Balaban J connectivity index is 0.715. The predicted molar refractivity (Wildman–Crippen MR) is 260 cm³/mol. The Bertz CT molecular complexity index is 2660. The van der Waals surface area contributed by atoms with Gasteiger partial charge in [0.15, 0.2) is 0 Å². The third-order valence-corrected chi connectivity index (χ3v) is 15.8. The molecule has 4 N–H and O–H groups in total. The van der Waals surface area contributed by atoms with Crippen LogP contribution in [0.3, 0.4) is 0 Å². The highest BCUT2D eigenvalue weighted by Crippen LogP contribution is 2.38. The Morgan fingerprint density at radius 2 is 1.55 bits per heavy atom. The third kappa shape index (κ3) is 11.4. The van der Waals surface area contributed by atoms with Gasteiger partial charge in [-0.05, 0) is 74.1 Å². The zero-order valence-corrected chi connectivity index (χ0v) is 40.7. The maximum atomic E-state index is 13.2. The van der Waals surface area contributed by atoms with E-state index in [0.717, 1.165) is 38.1 Å². The van der Waals surface area contributed by atoms with E-state index in [1.54, 1.807) is 30.3 Å². The van der Waals surface area contributed by atoms with E-state index in [1.807, 2.05) is 12.1 Å². The van der Waals surface area contributed by atoms with Crippen molar-refractivity contribution in [3.63, 3.8) is 0 Å². The number of ether oxygens (including phenoxy) is 4. The summed E-state index contributed by atoms with van der Waals surface area (Å²) in [5.74, 6) is -2.21. The molecule has 4 aliphatic rings. The van der Waals surface area contributed by atoms with E-state index in [0.29, 0.717) is 85.1 Å². The molecule has 0 spiro atoms. The molecule has 4 aliphatic heterocycles. The normalized spacial score (nSPS) is 19.0. The number of benzene rings is 3. The van der Waals surface area contributed by atoms with Crippen LogP contribution in [0.2, 0.25) is 0 Å². The topological polar surface area (TPSA) is 221 Å². The SMILES string of the molecule is CC(C)S(=O)(=O)N1CCC(n2cc(-c3cccc(C(N)S)c3)c3ccc(CNC(=O)C4CN(CCOCCOCCOCCOc5cccc6c5C(=O)N(C5CCC(=O)NC5=O)C6=O)C4)cc32)CC1. The Kier molecular flexibility index (Phi) is 16.2. The number of rotatable bonds is 22. The molecule has 8 rings (SSSR count). The van der Waals surface area contributed by atoms with Crippen molar-refractivity contribution in [2.24, 2.45) is 11.7 Å². The second-order valence-corrected chi connectivity index (χ2v) is 21.1. The largest absolute Gasteiger partial charge is 0.490 e. The van der Waals surface area contributed by atoms with Gasteiger partial charge in [-0.3, -0.25) is 39.1 Å². The molecule has 370 valence electrons. The standard InChI is InChI=1S/C49H61N7O11S2/c1-31(2)69(62,63)54-15-13-36(14-16-54)55-30-39(33-5-3-6-34(26-33)45(50)68)37-10-9-32(25-41(37)55)27-51-46(58)35-28-53(29-35)17-18-64-19-20-65-21-22-66-23-24-67-42-8-4-7-38-44(42)49(61)56(48(38)60)40-11-12-43(57)52-47(40)59/h3-10,25-26,30-31,35-36,40,45,68H,11-24,27-29,50H2,1-2H3,(H,51,58)(H,52,57,59). The molecular weight excluding hydrogens is 927 g/mol. The highest BCUT2D eigenvalue weighted by molar-refractivity contribution is 7.89. The fourth-order valence-corrected chi connectivity index (χ4v) is 10.8. The number of carbonyl (C=O) groups excluding carboxylic acids is 5. The molecule has 5 heterocycles. The summed E-state index contributed by atoms with van der Waals surface area (Å²) in [4.78, 5) is 66.5. The van der Waals surface area contributed by atoms with Gasteiger partial charge in [-0.2, -0.15) is 12.6 Å². The van der Waals surface area contributed by atoms with Crippen LogP contribution in [0.15, 0.2) is 66.9 Å². The van der Waals surface area contributed by atoms with Crippen molar-refractivity contribution < 1.29 is 51.3 Å². The van der Waals surface area contributed by atoms with Crippen molar-refractivity contribution in [3.05, 3.63) is 89.1 Å². The third-order valence-electron chi connectivity index (χ3n) is 13.2. The molecule has 0 radical (unpaired) electrons. The summed E-state index contributed by atoms with van der Waals surface area (Å²) in [5, 5.41) is 5.53. The van der Waals surface area contributed by atoms with Gasteiger partial charge < -0.3 is 34.6 Å². The number of hydrogen-bond acceptors (Lipinski definition) is 14. The van der Waals surface area contributed by atoms with E-state index in [1.165, 1.54) is 6.07 Å². The molecule has 0 bridgehead atoms. The van der Waals surface area contributed by atoms with Gasteiger partial charge in [0.2, 0.25) is 27.7 Å². The van der Waals surface area contributed by atoms with Crippen LogP contribution in [0.25, 0.3) is 22.0 Å². The van der Waals surface area contributed by atoms with Crippen molar-refractivity contribution in [1.82, 2.24) is 29.3 Å². The minimum atomic E-state index is -3.33. The highest BCUT2D eigenvalue weighted by atomic mass is 32.2. The Labute approximate surface area is 407 Å². The van der Waals surface area contributed by atoms with Crippen LogP contribution in [0.4, 0.5) is 0 Å². The maximum Gasteiger partial charge on any atom is 0.266 e. The lowest BCUT2D eigenvalue weighted by atomic mass is 9.99. The Hall–Kier alpha value is -5.19. The van der Waals surface area contributed by atoms with E-state index in [2.05, 4.69) is 69.3 Å². The molecule has 69 heavy (non-hydrogen) atoms. The number of imide groups is 2. The maximum absolute atomic E-state index is 13.2. The number of sulfonamides is 1. The summed E-state index contributed by atoms with van der Waals surface area (Å²) >= 11 is 4.45. The van der Waals surface area contributed by atoms with Crippen LogP contribution in [0.5, 0.6) is 5.75 Å². The number of amides is 5.